The molecule has 28 heavy (non-hydrogen) atoms. The highest BCUT2D eigenvalue weighted by atomic mass is 16.5. The second-order valence-electron chi connectivity index (χ2n) is 7.13. The van der Waals surface area contributed by atoms with E-state index in [0.717, 1.165) is 11.3 Å². The normalized spacial score (nSPS) is 11.4. The molecule has 0 fully saturated rings. The highest BCUT2D eigenvalue weighted by molar-refractivity contribution is 6.06. The van der Waals surface area contributed by atoms with Gasteiger partial charge in [-0.15, -0.1) is 0 Å². The van der Waals surface area contributed by atoms with Crippen molar-refractivity contribution in [2.75, 3.05) is 24.9 Å². The van der Waals surface area contributed by atoms with E-state index in [1.807, 2.05) is 30.3 Å². The Morgan fingerprint density at radius 3 is 2.36 bits per heavy atom. The summed E-state index contributed by atoms with van der Waals surface area (Å²) in [5.41, 5.74) is 2.31. The quantitative estimate of drug-likeness (QED) is 0.572. The van der Waals surface area contributed by atoms with Crippen molar-refractivity contribution in [1.82, 2.24) is 0 Å². The van der Waals surface area contributed by atoms with Crippen molar-refractivity contribution in [3.05, 3.63) is 59.8 Å². The fourth-order valence-corrected chi connectivity index (χ4v) is 2.67. The monoisotopic (exact) mass is 379 g/mol. The molecular formula is C22H25N3O3. The Balaban J connectivity index is 2.20. The number of methoxy groups -OCH3 is 2. The lowest BCUT2D eigenvalue weighted by Gasteiger charge is -2.22. The zero-order valence-corrected chi connectivity index (χ0v) is 16.8. The molecule has 2 aromatic carbocycles. The van der Waals surface area contributed by atoms with E-state index in [1.165, 1.54) is 20.4 Å². The smallest absolute Gasteiger partial charge is 0.267 e. The second kappa shape index (κ2) is 8.96. The average molecular weight is 379 g/mol. The Bertz CT molecular complexity index is 921. The number of hydrogen-bond donors (Lipinski definition) is 2. The number of benzene rings is 2. The Morgan fingerprint density at radius 2 is 1.75 bits per heavy atom. The molecule has 1 amide bonds. The molecule has 0 aliphatic rings. The minimum Gasteiger partial charge on any atom is -0.493 e. The van der Waals surface area contributed by atoms with Crippen LogP contribution in [0, 0.1) is 11.3 Å². The first-order valence-corrected chi connectivity index (χ1v) is 8.80. The minimum absolute atomic E-state index is 0.0431. The second-order valence-corrected chi connectivity index (χ2v) is 7.13. The van der Waals surface area contributed by atoms with Gasteiger partial charge in [0.25, 0.3) is 5.91 Å². The molecule has 0 heterocycles. The van der Waals surface area contributed by atoms with E-state index in [1.54, 1.807) is 18.2 Å². The Morgan fingerprint density at radius 1 is 1.07 bits per heavy atom. The Hall–Kier alpha value is -3.46. The number of nitrogens with one attached hydrogen (secondary N) is 2. The Labute approximate surface area is 165 Å². The average Bonchev–Trinajstić information content (AvgIpc) is 2.67. The van der Waals surface area contributed by atoms with E-state index >= 15 is 0 Å². The third-order valence-electron chi connectivity index (χ3n) is 4.11. The number of nitriles is 1. The van der Waals surface area contributed by atoms with Crippen molar-refractivity contribution in [2.24, 2.45) is 0 Å². The van der Waals surface area contributed by atoms with Crippen molar-refractivity contribution in [3.63, 3.8) is 0 Å². The molecule has 0 unspecified atom stereocenters. The van der Waals surface area contributed by atoms with Gasteiger partial charge in [0.2, 0.25) is 0 Å². The Kier molecular flexibility index (Phi) is 6.67. The zero-order valence-electron chi connectivity index (χ0n) is 16.8. The van der Waals surface area contributed by atoms with Gasteiger partial charge in [-0.2, -0.15) is 5.26 Å². The molecule has 0 spiro atoms. The SMILES string of the molecule is COc1ccc(NC(=O)/C(C#N)=C\Nc2ccccc2C(C)(C)C)cc1OC. The largest absolute Gasteiger partial charge is 0.493 e. The molecule has 0 atom stereocenters. The first kappa shape index (κ1) is 20.8. The van der Waals surface area contributed by atoms with Gasteiger partial charge in [0, 0.05) is 23.6 Å². The summed E-state index contributed by atoms with van der Waals surface area (Å²) in [5, 5.41) is 15.2. The van der Waals surface area contributed by atoms with Crippen LogP contribution < -0.4 is 20.1 Å². The van der Waals surface area contributed by atoms with Crippen LogP contribution in [-0.4, -0.2) is 20.1 Å². The van der Waals surface area contributed by atoms with Crippen LogP contribution >= 0.6 is 0 Å². The van der Waals surface area contributed by atoms with E-state index in [-0.39, 0.29) is 11.0 Å². The van der Waals surface area contributed by atoms with Crippen LogP contribution in [0.1, 0.15) is 26.3 Å². The third kappa shape index (κ3) is 5.04. The van der Waals surface area contributed by atoms with Crippen molar-refractivity contribution in [3.8, 4) is 17.6 Å². The fraction of sp³-hybridized carbons (Fsp3) is 0.273. The van der Waals surface area contributed by atoms with Gasteiger partial charge < -0.3 is 20.1 Å². The number of hydrogen-bond acceptors (Lipinski definition) is 5. The van der Waals surface area contributed by atoms with Crippen LogP contribution in [0.2, 0.25) is 0 Å². The van der Waals surface area contributed by atoms with E-state index in [4.69, 9.17) is 9.47 Å². The molecule has 6 heteroatoms. The van der Waals surface area contributed by atoms with Crippen LogP contribution in [0.4, 0.5) is 11.4 Å². The summed E-state index contributed by atoms with van der Waals surface area (Å²) in [6.45, 7) is 6.31. The van der Waals surface area contributed by atoms with Crippen LogP contribution in [0.5, 0.6) is 11.5 Å². The van der Waals surface area contributed by atoms with E-state index in [2.05, 4.69) is 31.4 Å². The standard InChI is InChI=1S/C22H25N3O3/c1-22(2,3)17-8-6-7-9-18(17)24-14-15(13-23)21(26)25-16-10-11-19(27-4)20(12-16)28-5/h6-12,14,24H,1-5H3,(H,25,26)/b15-14-. The maximum absolute atomic E-state index is 12.5. The fourth-order valence-electron chi connectivity index (χ4n) is 2.67. The number of rotatable bonds is 6. The zero-order chi connectivity index (χ0) is 20.7. The third-order valence-corrected chi connectivity index (χ3v) is 4.11. The number of ether oxygens (including phenoxy) is 2. The molecule has 2 N–H and O–H groups in total. The number of amides is 1. The number of anilines is 2. The van der Waals surface area contributed by atoms with Gasteiger partial charge in [0.05, 0.1) is 14.2 Å². The molecule has 0 saturated carbocycles. The lowest BCUT2D eigenvalue weighted by Crippen LogP contribution is -2.16. The topological polar surface area (TPSA) is 83.4 Å². The van der Waals surface area contributed by atoms with Gasteiger partial charge >= 0.3 is 0 Å². The lowest BCUT2D eigenvalue weighted by atomic mass is 9.86. The first-order chi connectivity index (χ1) is 13.3. The number of carbonyl (C=O) groups is 1. The first-order valence-electron chi connectivity index (χ1n) is 8.80. The van der Waals surface area contributed by atoms with Gasteiger partial charge in [0.15, 0.2) is 11.5 Å². The molecule has 6 nitrogen and oxygen atoms in total. The van der Waals surface area contributed by atoms with Gasteiger partial charge in [-0.3, -0.25) is 4.79 Å². The molecule has 0 aliphatic heterocycles. The van der Waals surface area contributed by atoms with Gasteiger partial charge in [-0.1, -0.05) is 39.0 Å². The molecule has 0 aromatic heterocycles. The van der Waals surface area contributed by atoms with Gasteiger partial charge in [-0.25, -0.2) is 0 Å². The minimum atomic E-state index is -0.518. The summed E-state index contributed by atoms with van der Waals surface area (Å²) in [4.78, 5) is 12.5. The van der Waals surface area contributed by atoms with Crippen molar-refractivity contribution >= 4 is 17.3 Å². The summed E-state index contributed by atoms with van der Waals surface area (Å²) in [5.74, 6) is 0.521. The summed E-state index contributed by atoms with van der Waals surface area (Å²) in [7, 11) is 3.05. The summed E-state index contributed by atoms with van der Waals surface area (Å²) in [6, 6.07) is 14.7. The predicted octanol–water partition coefficient (Wildman–Crippen LogP) is 4.46. The van der Waals surface area contributed by atoms with E-state index < -0.39 is 5.91 Å². The van der Waals surface area contributed by atoms with Gasteiger partial charge in [-0.05, 0) is 29.2 Å². The maximum Gasteiger partial charge on any atom is 0.267 e. The molecule has 2 rings (SSSR count). The highest BCUT2D eigenvalue weighted by Crippen LogP contribution is 2.30. The molecule has 0 bridgehead atoms. The molecule has 0 radical (unpaired) electrons. The van der Waals surface area contributed by atoms with Crippen LogP contribution in [0.3, 0.4) is 0 Å². The van der Waals surface area contributed by atoms with Crippen molar-refractivity contribution < 1.29 is 14.3 Å². The maximum atomic E-state index is 12.5. The van der Waals surface area contributed by atoms with E-state index in [0.29, 0.717) is 17.2 Å². The van der Waals surface area contributed by atoms with Gasteiger partial charge in [0.1, 0.15) is 11.6 Å². The van der Waals surface area contributed by atoms with Crippen LogP contribution in [0.15, 0.2) is 54.2 Å². The summed E-state index contributed by atoms with van der Waals surface area (Å²) < 4.78 is 10.4. The van der Waals surface area contributed by atoms with Crippen LogP contribution in [0.25, 0.3) is 0 Å². The summed E-state index contributed by atoms with van der Waals surface area (Å²) >= 11 is 0. The summed E-state index contributed by atoms with van der Waals surface area (Å²) in [6.07, 6.45) is 1.42. The van der Waals surface area contributed by atoms with Crippen LogP contribution in [-0.2, 0) is 10.2 Å². The molecular weight excluding hydrogens is 354 g/mol. The lowest BCUT2D eigenvalue weighted by molar-refractivity contribution is -0.112. The van der Waals surface area contributed by atoms with Crippen molar-refractivity contribution in [2.45, 2.75) is 26.2 Å². The molecule has 0 saturated heterocycles. The number of para-hydroxylation sites is 1. The predicted molar refractivity (Wildman–Crippen MR) is 111 cm³/mol. The molecule has 2 aromatic rings. The number of carbonyl (C=O) groups excluding carboxylic acids is 1. The highest BCUT2D eigenvalue weighted by Gasteiger charge is 2.17. The molecule has 146 valence electrons. The molecule has 0 aliphatic carbocycles. The van der Waals surface area contributed by atoms with E-state index in [9.17, 15) is 10.1 Å². The number of nitrogens with zero attached hydrogens (tertiary/aromatic N) is 1. The van der Waals surface area contributed by atoms with Crippen molar-refractivity contribution in [1.29, 1.82) is 5.26 Å².